The molecule has 2 heterocycles. The molecule has 0 fully saturated rings. The van der Waals surface area contributed by atoms with Crippen LogP contribution in [-0.4, -0.2) is 9.97 Å². The molecule has 0 aliphatic carbocycles. The van der Waals surface area contributed by atoms with Gasteiger partial charge in [0.1, 0.15) is 0 Å². The van der Waals surface area contributed by atoms with E-state index in [4.69, 9.17) is 9.97 Å². The minimum absolute atomic E-state index is 0.932. The van der Waals surface area contributed by atoms with Crippen molar-refractivity contribution in [3.05, 3.63) is 217 Å². The van der Waals surface area contributed by atoms with E-state index in [2.05, 4.69) is 206 Å². The number of benzene rings is 7. The molecule has 0 bridgehead atoms. The van der Waals surface area contributed by atoms with Crippen LogP contribution in [0.5, 0.6) is 0 Å². The summed E-state index contributed by atoms with van der Waals surface area (Å²) in [5.41, 5.74) is 15.8. The van der Waals surface area contributed by atoms with Crippen LogP contribution in [0.1, 0.15) is 22.5 Å². The van der Waals surface area contributed by atoms with Gasteiger partial charge in [0.05, 0.1) is 22.4 Å². The van der Waals surface area contributed by atoms with Gasteiger partial charge in [0, 0.05) is 10.8 Å². The zero-order valence-corrected chi connectivity index (χ0v) is 29.7. The van der Waals surface area contributed by atoms with Gasteiger partial charge in [-0.1, -0.05) is 170 Å². The molecule has 0 atom stereocenters. The molecule has 0 saturated heterocycles. The first-order chi connectivity index (χ1) is 26.7. The molecule has 54 heavy (non-hydrogen) atoms. The Morgan fingerprint density at radius 1 is 0.259 bits per heavy atom. The molecule has 0 unspecified atom stereocenters. The van der Waals surface area contributed by atoms with Crippen molar-refractivity contribution in [3.8, 4) is 44.5 Å². The fourth-order valence-electron chi connectivity index (χ4n) is 6.88. The largest absolute Gasteiger partial charge is 0.248 e. The zero-order chi connectivity index (χ0) is 36.1. The summed E-state index contributed by atoms with van der Waals surface area (Å²) in [5.74, 6) is 0. The first-order valence-corrected chi connectivity index (χ1v) is 18.3. The van der Waals surface area contributed by atoms with E-state index in [1.165, 1.54) is 44.5 Å². The maximum absolute atomic E-state index is 4.91. The average molecular weight is 689 g/mol. The zero-order valence-electron chi connectivity index (χ0n) is 29.7. The predicted molar refractivity (Wildman–Crippen MR) is 230 cm³/mol. The molecule has 0 saturated carbocycles. The third-order valence-electron chi connectivity index (χ3n) is 9.90. The van der Waals surface area contributed by atoms with Crippen molar-refractivity contribution in [2.45, 2.75) is 0 Å². The van der Waals surface area contributed by atoms with Crippen molar-refractivity contribution >= 4 is 46.1 Å². The minimum atomic E-state index is 0.932. The highest BCUT2D eigenvalue weighted by atomic mass is 14.7. The third kappa shape index (κ3) is 7.27. The number of rotatable bonds is 8. The van der Waals surface area contributed by atoms with Crippen LogP contribution in [-0.2, 0) is 0 Å². The van der Waals surface area contributed by atoms with Gasteiger partial charge in [0.15, 0.2) is 0 Å². The van der Waals surface area contributed by atoms with Crippen LogP contribution >= 0.6 is 0 Å². The molecule has 2 aromatic heterocycles. The Morgan fingerprint density at radius 2 is 0.593 bits per heavy atom. The number of hydrogen-bond acceptors (Lipinski definition) is 2. The number of nitrogens with zero attached hydrogens (tertiary/aromatic N) is 2. The second-order valence-electron chi connectivity index (χ2n) is 13.5. The topological polar surface area (TPSA) is 25.8 Å². The van der Waals surface area contributed by atoms with Gasteiger partial charge in [-0.2, -0.15) is 0 Å². The Balaban J connectivity index is 0.836. The van der Waals surface area contributed by atoms with E-state index >= 15 is 0 Å². The third-order valence-corrected chi connectivity index (χ3v) is 9.90. The lowest BCUT2D eigenvalue weighted by atomic mass is 9.99. The SMILES string of the molecule is C(=Cc1ccc2cc(-c3ccc(-c4ccccc4)cc3)ccc2n1)c1ccc(C=Cc2ccc3cc(-c4ccc(-c5ccccc5)cc4)ccc3n2)cc1. The predicted octanol–water partition coefficient (Wildman–Crippen LogP) is 13.8. The quantitative estimate of drug-likeness (QED) is 0.159. The molecule has 0 amide bonds. The monoisotopic (exact) mass is 688 g/mol. The van der Waals surface area contributed by atoms with Gasteiger partial charge in [0.2, 0.25) is 0 Å². The van der Waals surface area contributed by atoms with Gasteiger partial charge in [-0.05, 0) is 104 Å². The second kappa shape index (κ2) is 14.8. The summed E-state index contributed by atoms with van der Waals surface area (Å²) >= 11 is 0. The summed E-state index contributed by atoms with van der Waals surface area (Å²) < 4.78 is 0. The molecule has 2 nitrogen and oxygen atoms in total. The number of hydrogen-bond donors (Lipinski definition) is 0. The molecule has 0 N–H and O–H groups in total. The Hall–Kier alpha value is -7.16. The highest BCUT2D eigenvalue weighted by Gasteiger charge is 2.05. The second-order valence-corrected chi connectivity index (χ2v) is 13.5. The van der Waals surface area contributed by atoms with E-state index in [-0.39, 0.29) is 0 Å². The fraction of sp³-hybridized carbons (Fsp3) is 0. The summed E-state index contributed by atoms with van der Waals surface area (Å²) in [6, 6.07) is 68.5. The molecule has 0 aliphatic heterocycles. The Bertz CT molecular complexity index is 2570. The molecular formula is C52H36N2. The molecule has 0 aliphatic rings. The van der Waals surface area contributed by atoms with Crippen LogP contribution < -0.4 is 0 Å². The van der Waals surface area contributed by atoms with Gasteiger partial charge < -0.3 is 0 Å². The van der Waals surface area contributed by atoms with Gasteiger partial charge >= 0.3 is 0 Å². The normalized spacial score (nSPS) is 11.6. The summed E-state index contributed by atoms with van der Waals surface area (Å²) in [4.78, 5) is 9.82. The standard InChI is InChI=1S/C52H36N2/c1-3-7-39(8-4-1)41-17-21-43(22-18-41)45-27-33-51-47(35-45)25-31-49(53-51)29-15-37-11-13-38(14-12-37)16-30-50-32-26-48-36-46(28-34-52(48)54-50)44-23-19-42(20-24-44)40-9-5-2-6-10-40/h1-36H. The molecular weight excluding hydrogens is 653 g/mol. The Morgan fingerprint density at radius 3 is 0.981 bits per heavy atom. The van der Waals surface area contributed by atoms with Gasteiger partial charge in [0.25, 0.3) is 0 Å². The fourth-order valence-corrected chi connectivity index (χ4v) is 6.88. The van der Waals surface area contributed by atoms with Crippen molar-refractivity contribution in [1.82, 2.24) is 9.97 Å². The lowest BCUT2D eigenvalue weighted by molar-refractivity contribution is 1.37. The number of pyridine rings is 2. The van der Waals surface area contributed by atoms with Crippen LogP contribution in [0.15, 0.2) is 194 Å². The maximum atomic E-state index is 4.91. The van der Waals surface area contributed by atoms with Crippen molar-refractivity contribution in [3.63, 3.8) is 0 Å². The number of aromatic nitrogens is 2. The molecule has 0 radical (unpaired) electrons. The first-order valence-electron chi connectivity index (χ1n) is 18.3. The van der Waals surface area contributed by atoms with E-state index in [0.717, 1.165) is 44.3 Å². The Kier molecular flexibility index (Phi) is 8.99. The van der Waals surface area contributed by atoms with Gasteiger partial charge in [-0.25, -0.2) is 9.97 Å². The summed E-state index contributed by atoms with van der Waals surface area (Å²) in [5, 5.41) is 2.26. The van der Waals surface area contributed by atoms with Gasteiger partial charge in [-0.15, -0.1) is 0 Å². The highest BCUT2D eigenvalue weighted by Crippen LogP contribution is 2.29. The van der Waals surface area contributed by atoms with Crippen LogP contribution in [0.4, 0.5) is 0 Å². The lowest BCUT2D eigenvalue weighted by Crippen LogP contribution is -1.86. The van der Waals surface area contributed by atoms with E-state index in [1.807, 2.05) is 12.1 Å². The van der Waals surface area contributed by atoms with E-state index in [1.54, 1.807) is 0 Å². The molecule has 9 aromatic rings. The molecule has 2 heteroatoms. The van der Waals surface area contributed by atoms with E-state index in [0.29, 0.717) is 0 Å². The molecule has 254 valence electrons. The van der Waals surface area contributed by atoms with Gasteiger partial charge in [-0.3, -0.25) is 0 Å². The molecule has 7 aromatic carbocycles. The minimum Gasteiger partial charge on any atom is -0.248 e. The average Bonchev–Trinajstić information content (AvgIpc) is 3.25. The maximum Gasteiger partial charge on any atom is 0.0709 e. The number of fused-ring (bicyclic) bond motifs is 2. The van der Waals surface area contributed by atoms with E-state index < -0.39 is 0 Å². The summed E-state index contributed by atoms with van der Waals surface area (Å²) in [7, 11) is 0. The smallest absolute Gasteiger partial charge is 0.0709 e. The van der Waals surface area contributed by atoms with Crippen LogP contribution in [0.3, 0.4) is 0 Å². The first kappa shape index (κ1) is 32.7. The Labute approximate surface area is 316 Å². The van der Waals surface area contributed by atoms with Crippen LogP contribution in [0.2, 0.25) is 0 Å². The molecule has 0 spiro atoms. The summed E-state index contributed by atoms with van der Waals surface area (Å²) in [6.45, 7) is 0. The highest BCUT2D eigenvalue weighted by molar-refractivity contribution is 5.88. The van der Waals surface area contributed by atoms with Crippen LogP contribution in [0.25, 0.3) is 90.6 Å². The lowest BCUT2D eigenvalue weighted by Gasteiger charge is -2.07. The van der Waals surface area contributed by atoms with E-state index in [9.17, 15) is 0 Å². The van der Waals surface area contributed by atoms with Crippen molar-refractivity contribution in [2.75, 3.05) is 0 Å². The molecule has 9 rings (SSSR count). The van der Waals surface area contributed by atoms with Crippen molar-refractivity contribution < 1.29 is 0 Å². The van der Waals surface area contributed by atoms with Crippen molar-refractivity contribution in [2.24, 2.45) is 0 Å². The van der Waals surface area contributed by atoms with Crippen LogP contribution in [0, 0.1) is 0 Å². The van der Waals surface area contributed by atoms with Crippen molar-refractivity contribution in [1.29, 1.82) is 0 Å². The summed E-state index contributed by atoms with van der Waals surface area (Å²) in [6.07, 6.45) is 8.37.